The van der Waals surface area contributed by atoms with Crippen molar-refractivity contribution in [3.05, 3.63) is 24.3 Å². The maximum Gasteiger partial charge on any atom is 0.328 e. The highest BCUT2D eigenvalue weighted by Gasteiger charge is 2.30. The fraction of sp³-hybridized carbons (Fsp3) is 0.538. The highest BCUT2D eigenvalue weighted by Crippen LogP contribution is 2.13. The Bertz CT molecular complexity index is 470. The third kappa shape index (κ3) is 4.93. The van der Waals surface area contributed by atoms with Crippen molar-refractivity contribution in [2.24, 2.45) is 0 Å². The molecule has 1 aromatic heterocycles. The molecule has 2 N–H and O–H groups in total. The Morgan fingerprint density at radius 1 is 1.35 bits per heavy atom. The molecule has 0 saturated heterocycles. The molecule has 1 rings (SSSR count). The van der Waals surface area contributed by atoms with Crippen molar-refractivity contribution in [3.8, 4) is 0 Å². The van der Waals surface area contributed by atoms with Crippen LogP contribution >= 0.6 is 0 Å². The van der Waals surface area contributed by atoms with Gasteiger partial charge in [-0.15, -0.1) is 0 Å². The molecule has 0 aliphatic rings. The van der Waals surface area contributed by atoms with Gasteiger partial charge in [-0.05, 0) is 27.7 Å². The van der Waals surface area contributed by atoms with E-state index in [0.717, 1.165) is 0 Å². The number of hydrogen-bond acceptors (Lipinski definition) is 5. The molecule has 0 spiro atoms. The van der Waals surface area contributed by atoms with Gasteiger partial charge in [0.05, 0.1) is 17.9 Å². The molecule has 110 valence electrons. The van der Waals surface area contributed by atoms with Crippen LogP contribution in [0, 0.1) is 0 Å². The fourth-order valence-corrected chi connectivity index (χ4v) is 1.64. The van der Waals surface area contributed by atoms with E-state index in [9.17, 15) is 14.7 Å². The summed E-state index contributed by atoms with van der Waals surface area (Å²) in [7, 11) is 0. The van der Waals surface area contributed by atoms with Crippen LogP contribution in [-0.2, 0) is 9.53 Å². The van der Waals surface area contributed by atoms with Gasteiger partial charge >= 0.3 is 5.97 Å². The number of aliphatic carboxylic acids is 1. The summed E-state index contributed by atoms with van der Waals surface area (Å²) in [4.78, 5) is 30.7. The molecule has 0 aliphatic carbocycles. The van der Waals surface area contributed by atoms with Crippen LogP contribution in [0.15, 0.2) is 18.6 Å². The zero-order valence-corrected chi connectivity index (χ0v) is 12.0. The lowest BCUT2D eigenvalue weighted by Gasteiger charge is -2.29. The fourth-order valence-electron chi connectivity index (χ4n) is 1.64. The third-order valence-electron chi connectivity index (χ3n) is 2.36. The van der Waals surface area contributed by atoms with Gasteiger partial charge in [-0.2, -0.15) is 0 Å². The molecular formula is C13H19N3O4. The number of carbonyl (C=O) groups excluding carboxylic acids is 1. The summed E-state index contributed by atoms with van der Waals surface area (Å²) < 4.78 is 5.57. The second-order valence-corrected chi connectivity index (χ2v) is 5.32. The first-order valence-electron chi connectivity index (χ1n) is 6.18. The number of carboxylic acids is 1. The molecule has 0 aliphatic heterocycles. The van der Waals surface area contributed by atoms with Gasteiger partial charge in [0.1, 0.15) is 5.69 Å². The lowest BCUT2D eigenvalue weighted by molar-refractivity contribution is -0.146. The third-order valence-corrected chi connectivity index (χ3v) is 2.36. The first kappa shape index (κ1) is 16.0. The summed E-state index contributed by atoms with van der Waals surface area (Å²) in [5, 5.41) is 11.6. The van der Waals surface area contributed by atoms with Crippen LogP contribution in [0.5, 0.6) is 0 Å². The highest BCUT2D eigenvalue weighted by molar-refractivity contribution is 5.94. The number of carbonyl (C=O) groups is 2. The van der Waals surface area contributed by atoms with E-state index in [1.54, 1.807) is 6.92 Å². The van der Waals surface area contributed by atoms with Crippen LogP contribution in [0.4, 0.5) is 0 Å². The van der Waals surface area contributed by atoms with E-state index in [1.807, 2.05) is 20.8 Å². The summed E-state index contributed by atoms with van der Waals surface area (Å²) in [6.45, 7) is 7.04. The summed E-state index contributed by atoms with van der Waals surface area (Å²) in [6.07, 6.45) is 3.37. The van der Waals surface area contributed by atoms with E-state index in [2.05, 4.69) is 15.3 Å². The average Bonchev–Trinajstić information content (AvgIpc) is 2.34. The van der Waals surface area contributed by atoms with E-state index in [-0.39, 0.29) is 5.69 Å². The summed E-state index contributed by atoms with van der Waals surface area (Å²) in [6, 6.07) is -1.16. The number of nitrogens with zero attached hydrogens (tertiary/aromatic N) is 2. The summed E-state index contributed by atoms with van der Waals surface area (Å²) in [5.74, 6) is -1.77. The quantitative estimate of drug-likeness (QED) is 0.830. The van der Waals surface area contributed by atoms with Gasteiger partial charge in [-0.3, -0.25) is 9.78 Å². The molecule has 20 heavy (non-hydrogen) atoms. The van der Waals surface area contributed by atoms with E-state index < -0.39 is 29.6 Å². The van der Waals surface area contributed by atoms with E-state index in [0.29, 0.717) is 0 Å². The van der Waals surface area contributed by atoms with Crippen molar-refractivity contribution >= 4 is 11.9 Å². The topological polar surface area (TPSA) is 101 Å². The van der Waals surface area contributed by atoms with Gasteiger partial charge in [-0.25, -0.2) is 9.78 Å². The number of amides is 1. The van der Waals surface area contributed by atoms with Gasteiger partial charge < -0.3 is 15.2 Å². The van der Waals surface area contributed by atoms with Gasteiger partial charge in [0.25, 0.3) is 5.91 Å². The Hall–Kier alpha value is -2.02. The summed E-state index contributed by atoms with van der Waals surface area (Å²) >= 11 is 0. The molecule has 7 nitrogen and oxygen atoms in total. The van der Waals surface area contributed by atoms with E-state index >= 15 is 0 Å². The maximum atomic E-state index is 11.9. The second-order valence-electron chi connectivity index (χ2n) is 5.32. The molecule has 7 heteroatoms. The number of aromatic nitrogens is 2. The molecular weight excluding hydrogens is 262 g/mol. The van der Waals surface area contributed by atoms with Gasteiger partial charge in [0.2, 0.25) is 0 Å². The zero-order valence-electron chi connectivity index (χ0n) is 12.0. The molecule has 0 fully saturated rings. The first-order valence-corrected chi connectivity index (χ1v) is 6.18. The second kappa shape index (κ2) is 6.42. The van der Waals surface area contributed by atoms with Crippen molar-refractivity contribution in [1.82, 2.24) is 15.3 Å². The monoisotopic (exact) mass is 281 g/mol. The van der Waals surface area contributed by atoms with Crippen molar-refractivity contribution in [2.45, 2.75) is 45.4 Å². The zero-order chi connectivity index (χ0) is 15.3. The lowest BCUT2D eigenvalue weighted by Crippen LogP contribution is -2.50. The number of carboxylic acid groups (broad SMARTS) is 1. The van der Waals surface area contributed by atoms with Crippen molar-refractivity contribution < 1.29 is 19.4 Å². The molecule has 1 heterocycles. The van der Waals surface area contributed by atoms with E-state index in [4.69, 9.17) is 4.74 Å². The molecule has 0 saturated carbocycles. The Morgan fingerprint density at radius 3 is 2.45 bits per heavy atom. The SMILES string of the molecule is C[C@@H](OC(C)(C)C)[C@H](NC(=O)c1cnccn1)C(=O)O. The molecule has 2 atom stereocenters. The maximum absolute atomic E-state index is 11.9. The molecule has 0 bridgehead atoms. The van der Waals surface area contributed by atoms with Crippen LogP contribution < -0.4 is 5.32 Å². The number of rotatable bonds is 5. The van der Waals surface area contributed by atoms with Crippen LogP contribution in [0.25, 0.3) is 0 Å². The Labute approximate surface area is 117 Å². The van der Waals surface area contributed by atoms with Gasteiger partial charge in [-0.1, -0.05) is 0 Å². The predicted molar refractivity (Wildman–Crippen MR) is 71.2 cm³/mol. The number of ether oxygens (including phenoxy) is 1. The molecule has 0 unspecified atom stereocenters. The summed E-state index contributed by atoms with van der Waals surface area (Å²) in [5.41, 5.74) is -0.452. The van der Waals surface area contributed by atoms with Crippen LogP contribution in [0.3, 0.4) is 0 Å². The molecule has 0 aromatic carbocycles. The van der Waals surface area contributed by atoms with Gasteiger partial charge in [0, 0.05) is 12.4 Å². The standard InChI is InChI=1S/C13H19N3O4/c1-8(20-13(2,3)4)10(12(18)19)16-11(17)9-7-14-5-6-15-9/h5-8,10H,1-4H3,(H,16,17)(H,18,19)/t8-,10+/m1/s1. The van der Waals surface area contributed by atoms with Crippen LogP contribution in [0.1, 0.15) is 38.2 Å². The van der Waals surface area contributed by atoms with Crippen molar-refractivity contribution in [2.75, 3.05) is 0 Å². The smallest absolute Gasteiger partial charge is 0.328 e. The Morgan fingerprint density at radius 2 is 2.00 bits per heavy atom. The minimum atomic E-state index is -1.17. The van der Waals surface area contributed by atoms with Crippen LogP contribution in [-0.4, -0.2) is 44.7 Å². The lowest BCUT2D eigenvalue weighted by atomic mass is 10.1. The normalized spacial score (nSPS) is 14.4. The van der Waals surface area contributed by atoms with Crippen molar-refractivity contribution in [3.63, 3.8) is 0 Å². The van der Waals surface area contributed by atoms with Gasteiger partial charge in [0.15, 0.2) is 6.04 Å². The number of hydrogen-bond donors (Lipinski definition) is 2. The predicted octanol–water partition coefficient (Wildman–Crippen LogP) is 0.863. The number of nitrogens with one attached hydrogen (secondary N) is 1. The Kier molecular flexibility index (Phi) is 5.15. The van der Waals surface area contributed by atoms with Crippen LogP contribution in [0.2, 0.25) is 0 Å². The molecule has 1 amide bonds. The first-order chi connectivity index (χ1) is 9.20. The molecule has 0 radical (unpaired) electrons. The Balaban J connectivity index is 2.78. The minimum absolute atomic E-state index is 0.0571. The average molecular weight is 281 g/mol. The van der Waals surface area contributed by atoms with E-state index in [1.165, 1.54) is 18.6 Å². The largest absolute Gasteiger partial charge is 0.480 e. The van der Waals surface area contributed by atoms with Crippen molar-refractivity contribution in [1.29, 1.82) is 0 Å². The highest BCUT2D eigenvalue weighted by atomic mass is 16.5. The molecule has 1 aromatic rings. The minimum Gasteiger partial charge on any atom is -0.480 e.